The molecular weight excluding hydrogens is 558 g/mol. The van der Waals surface area contributed by atoms with E-state index >= 15 is 0 Å². The molecule has 2 N–H and O–H groups in total. The second-order valence-corrected chi connectivity index (χ2v) is 10.9. The van der Waals surface area contributed by atoms with Crippen molar-refractivity contribution in [2.45, 2.75) is 52.2 Å². The van der Waals surface area contributed by atoms with Crippen LogP contribution in [-0.2, 0) is 30.3 Å². The van der Waals surface area contributed by atoms with Gasteiger partial charge in [0.2, 0.25) is 11.8 Å². The molecule has 3 aromatic rings. The molecule has 0 saturated carbocycles. The zero-order valence-electron chi connectivity index (χ0n) is 25.7. The van der Waals surface area contributed by atoms with Gasteiger partial charge < -0.3 is 20.1 Å². The Labute approximate surface area is 258 Å². The van der Waals surface area contributed by atoms with Crippen LogP contribution in [0.3, 0.4) is 0 Å². The molecule has 9 nitrogen and oxygen atoms in total. The second-order valence-electron chi connectivity index (χ2n) is 10.9. The average molecular weight is 598 g/mol. The summed E-state index contributed by atoms with van der Waals surface area (Å²) in [6, 6.07) is 23.5. The van der Waals surface area contributed by atoms with Gasteiger partial charge in [-0.05, 0) is 55.2 Å². The van der Waals surface area contributed by atoms with Gasteiger partial charge in [-0.3, -0.25) is 19.3 Å². The van der Waals surface area contributed by atoms with E-state index in [1.54, 1.807) is 50.1 Å². The first-order valence-electron chi connectivity index (χ1n) is 14.7. The molecule has 9 heteroatoms. The lowest BCUT2D eigenvalue weighted by atomic mass is 9.84. The van der Waals surface area contributed by atoms with Gasteiger partial charge in [0.1, 0.15) is 17.8 Å². The Bertz CT molecular complexity index is 1500. The molecule has 1 unspecified atom stereocenters. The van der Waals surface area contributed by atoms with E-state index in [-0.39, 0.29) is 30.4 Å². The molecule has 1 aliphatic rings. The molecule has 0 bridgehead atoms. The third-order valence-corrected chi connectivity index (χ3v) is 7.60. The lowest BCUT2D eigenvalue weighted by Crippen LogP contribution is -2.55. The summed E-state index contributed by atoms with van der Waals surface area (Å²) in [5.41, 5.74) is 2.89. The predicted molar refractivity (Wildman–Crippen MR) is 168 cm³/mol. The number of anilines is 1. The first-order valence-corrected chi connectivity index (χ1v) is 14.7. The Hall–Kier alpha value is -4.92. The summed E-state index contributed by atoms with van der Waals surface area (Å²) < 4.78 is 10.4. The summed E-state index contributed by atoms with van der Waals surface area (Å²) in [5.74, 6) is -1.48. The molecule has 1 fully saturated rings. The third-order valence-electron chi connectivity index (χ3n) is 7.60. The first-order chi connectivity index (χ1) is 21.2. The third kappa shape index (κ3) is 7.16. The van der Waals surface area contributed by atoms with E-state index in [4.69, 9.17) is 9.47 Å². The van der Waals surface area contributed by atoms with E-state index in [9.17, 15) is 19.2 Å². The van der Waals surface area contributed by atoms with Crippen molar-refractivity contribution in [2.24, 2.45) is 5.92 Å². The summed E-state index contributed by atoms with van der Waals surface area (Å²) >= 11 is 0. The van der Waals surface area contributed by atoms with Gasteiger partial charge in [-0.25, -0.2) is 4.79 Å². The second kappa shape index (κ2) is 14.5. The molecule has 0 aliphatic carbocycles. The lowest BCUT2D eigenvalue weighted by molar-refractivity contribution is -0.149. The molecule has 3 atom stereocenters. The van der Waals surface area contributed by atoms with Gasteiger partial charge in [-0.15, -0.1) is 0 Å². The topological polar surface area (TPSA) is 114 Å². The van der Waals surface area contributed by atoms with Crippen molar-refractivity contribution in [1.29, 1.82) is 0 Å². The molecule has 230 valence electrons. The highest BCUT2D eigenvalue weighted by Gasteiger charge is 2.46. The molecule has 44 heavy (non-hydrogen) atoms. The van der Waals surface area contributed by atoms with Crippen molar-refractivity contribution in [3.8, 4) is 5.75 Å². The monoisotopic (exact) mass is 597 g/mol. The highest BCUT2D eigenvalue weighted by atomic mass is 16.5. The van der Waals surface area contributed by atoms with Gasteiger partial charge >= 0.3 is 5.97 Å². The maximum absolute atomic E-state index is 13.8. The van der Waals surface area contributed by atoms with E-state index in [0.29, 0.717) is 17.0 Å². The Morgan fingerprint density at radius 1 is 0.886 bits per heavy atom. The fourth-order valence-electron chi connectivity index (χ4n) is 5.18. The van der Waals surface area contributed by atoms with Crippen LogP contribution in [-0.4, -0.2) is 49.5 Å². The lowest BCUT2D eigenvalue weighted by Gasteiger charge is -2.44. The number of ether oxygens (including phenoxy) is 2. The number of methoxy groups -OCH3 is 1. The predicted octanol–water partition coefficient (Wildman–Crippen LogP) is 4.53. The number of nitrogens with zero attached hydrogens (tertiary/aromatic N) is 1. The normalized spacial score (nSPS) is 16.8. The van der Waals surface area contributed by atoms with Crippen molar-refractivity contribution in [1.82, 2.24) is 10.6 Å². The summed E-state index contributed by atoms with van der Waals surface area (Å²) in [4.78, 5) is 55.2. The average Bonchev–Trinajstić information content (AvgIpc) is 3.03. The van der Waals surface area contributed by atoms with E-state index in [1.807, 2.05) is 74.5 Å². The number of hydrogen-bond donors (Lipinski definition) is 2. The minimum absolute atomic E-state index is 0.180. The Kier molecular flexibility index (Phi) is 10.6. The maximum atomic E-state index is 13.8. The molecule has 3 amide bonds. The molecule has 0 aromatic heterocycles. The standard InChI is InChI=1S/C35H39N3O6/c1-6-44-35(42)30(22(2)3)37-33(40)28(21-24-13-9-7-10-14-24)36-32(39)23(4)29-31(25-15-11-8-12-16-25)38(34(29)41)26-17-19-27(43-5)20-18-26/h7-20,22,28,30-31H,6,21H2,1-5H3,(H,36,39)(H,37,40)/b29-23+/t28-,30-,31?/m0/s1. The largest absolute Gasteiger partial charge is 0.497 e. The van der Waals surface area contributed by atoms with Crippen molar-refractivity contribution in [2.75, 3.05) is 18.6 Å². The summed E-state index contributed by atoms with van der Waals surface area (Å²) in [6.45, 7) is 7.09. The van der Waals surface area contributed by atoms with Gasteiger partial charge in [-0.2, -0.15) is 0 Å². The quantitative estimate of drug-likeness (QED) is 0.180. The van der Waals surface area contributed by atoms with Crippen LogP contribution in [0.5, 0.6) is 5.75 Å². The Balaban J connectivity index is 1.64. The van der Waals surface area contributed by atoms with Crippen molar-refractivity contribution < 1.29 is 28.7 Å². The summed E-state index contributed by atoms with van der Waals surface area (Å²) in [6.07, 6.45) is 0.183. The molecular formula is C35H39N3O6. The zero-order valence-corrected chi connectivity index (χ0v) is 25.7. The smallest absolute Gasteiger partial charge is 0.328 e. The van der Waals surface area contributed by atoms with Gasteiger partial charge in [0.25, 0.3) is 5.91 Å². The van der Waals surface area contributed by atoms with Crippen LogP contribution in [0.2, 0.25) is 0 Å². The van der Waals surface area contributed by atoms with Crippen LogP contribution in [0.15, 0.2) is 96.1 Å². The van der Waals surface area contributed by atoms with E-state index in [2.05, 4.69) is 10.6 Å². The maximum Gasteiger partial charge on any atom is 0.328 e. The van der Waals surface area contributed by atoms with Crippen LogP contribution in [0.1, 0.15) is 44.9 Å². The number of amides is 3. The fourth-order valence-corrected chi connectivity index (χ4v) is 5.18. The highest BCUT2D eigenvalue weighted by Crippen LogP contribution is 2.44. The molecule has 1 saturated heterocycles. The van der Waals surface area contributed by atoms with Crippen LogP contribution < -0.4 is 20.3 Å². The van der Waals surface area contributed by atoms with Gasteiger partial charge in [0, 0.05) is 17.7 Å². The van der Waals surface area contributed by atoms with Gasteiger partial charge in [0.05, 0.1) is 25.3 Å². The number of rotatable bonds is 12. The van der Waals surface area contributed by atoms with Crippen LogP contribution in [0.4, 0.5) is 5.69 Å². The number of hydrogen-bond acceptors (Lipinski definition) is 6. The van der Waals surface area contributed by atoms with Gasteiger partial charge in [-0.1, -0.05) is 74.5 Å². The molecule has 4 rings (SSSR count). The fraction of sp³-hybridized carbons (Fsp3) is 0.314. The summed E-state index contributed by atoms with van der Waals surface area (Å²) in [5, 5.41) is 5.62. The number of carbonyl (C=O) groups is 4. The SMILES string of the molecule is CCOC(=O)[C@@H](NC(=O)[C@H](Cc1ccccc1)NC(=O)/C(C)=C1/C(=O)N(c2ccc(OC)cc2)C1c1ccccc1)C(C)C. The van der Waals surface area contributed by atoms with E-state index in [0.717, 1.165) is 11.1 Å². The van der Waals surface area contributed by atoms with Gasteiger partial charge in [0.15, 0.2) is 0 Å². The van der Waals surface area contributed by atoms with Crippen molar-refractivity contribution in [3.05, 3.63) is 107 Å². The molecule has 3 aromatic carbocycles. The van der Waals surface area contributed by atoms with Crippen LogP contribution in [0.25, 0.3) is 0 Å². The minimum atomic E-state index is -1.01. The molecule has 0 spiro atoms. The van der Waals surface area contributed by atoms with E-state index in [1.165, 1.54) is 0 Å². The first kappa shape index (κ1) is 32.0. The van der Waals surface area contributed by atoms with Crippen molar-refractivity contribution >= 4 is 29.4 Å². The number of β-lactam (4-membered cyclic amide) rings is 1. The number of benzene rings is 3. The summed E-state index contributed by atoms with van der Waals surface area (Å²) in [7, 11) is 1.57. The van der Waals surface area contributed by atoms with Crippen molar-refractivity contribution in [3.63, 3.8) is 0 Å². The Morgan fingerprint density at radius 2 is 1.50 bits per heavy atom. The number of carbonyl (C=O) groups excluding carboxylic acids is 4. The zero-order chi connectivity index (χ0) is 31.8. The molecule has 1 aliphatic heterocycles. The Morgan fingerprint density at radius 3 is 2.07 bits per heavy atom. The van der Waals surface area contributed by atoms with Crippen LogP contribution in [0, 0.1) is 5.92 Å². The molecule has 1 heterocycles. The number of esters is 1. The minimum Gasteiger partial charge on any atom is -0.497 e. The van der Waals surface area contributed by atoms with E-state index < -0.39 is 35.9 Å². The molecule has 0 radical (unpaired) electrons. The van der Waals surface area contributed by atoms with Crippen LogP contribution >= 0.6 is 0 Å². The number of nitrogens with one attached hydrogen (secondary N) is 2. The highest BCUT2D eigenvalue weighted by molar-refractivity contribution is 6.19.